The number of aryl methyl sites for hydroxylation is 1. The number of carboxylic acids is 1. The molecule has 2 aromatic rings. The molecule has 0 bridgehead atoms. The Labute approximate surface area is 117 Å². The van der Waals surface area contributed by atoms with Gasteiger partial charge in [0.1, 0.15) is 0 Å². The molecule has 2 rings (SSSR count). The summed E-state index contributed by atoms with van der Waals surface area (Å²) in [6, 6.07) is 8.01. The molecule has 0 saturated carbocycles. The maximum atomic E-state index is 12.4. The molecule has 0 aliphatic carbocycles. The van der Waals surface area contributed by atoms with E-state index < -0.39 is 21.9 Å². The predicted molar refractivity (Wildman–Crippen MR) is 74.2 cm³/mol. The second kappa shape index (κ2) is 5.13. The number of hydrogen-bond acceptors (Lipinski definition) is 3. The zero-order valence-corrected chi connectivity index (χ0v) is 12.0. The maximum absolute atomic E-state index is 12.4. The van der Waals surface area contributed by atoms with Crippen LogP contribution in [0.3, 0.4) is 0 Å². The van der Waals surface area contributed by atoms with Crippen molar-refractivity contribution in [1.82, 2.24) is 3.97 Å². The molecule has 0 saturated heterocycles. The van der Waals surface area contributed by atoms with Crippen molar-refractivity contribution in [2.45, 2.75) is 24.7 Å². The van der Waals surface area contributed by atoms with Gasteiger partial charge < -0.3 is 5.11 Å². The van der Waals surface area contributed by atoms with E-state index in [1.165, 1.54) is 37.5 Å². The highest BCUT2D eigenvalue weighted by atomic mass is 32.2. The third-order valence-electron chi connectivity index (χ3n) is 3.16. The number of aliphatic carboxylic acids is 1. The van der Waals surface area contributed by atoms with Crippen molar-refractivity contribution >= 4 is 16.0 Å². The number of carboxylic acid groups (broad SMARTS) is 1. The van der Waals surface area contributed by atoms with E-state index in [-0.39, 0.29) is 4.90 Å². The Hall–Kier alpha value is -2.08. The number of hydrogen-bond donors (Lipinski definition) is 1. The zero-order valence-electron chi connectivity index (χ0n) is 11.1. The minimum Gasteiger partial charge on any atom is -0.481 e. The minimum absolute atomic E-state index is 0.174. The molecule has 20 heavy (non-hydrogen) atoms. The number of carbonyl (C=O) groups is 1. The van der Waals surface area contributed by atoms with E-state index in [1.807, 2.05) is 6.92 Å². The lowest BCUT2D eigenvalue weighted by atomic mass is 10.1. The van der Waals surface area contributed by atoms with Crippen LogP contribution in [0.15, 0.2) is 47.6 Å². The van der Waals surface area contributed by atoms with Crippen LogP contribution in [-0.4, -0.2) is 23.5 Å². The molecule has 0 aliphatic rings. The Balaban J connectivity index is 2.40. The largest absolute Gasteiger partial charge is 0.481 e. The molecule has 1 N–H and O–H groups in total. The molecule has 0 aliphatic heterocycles. The Kier molecular flexibility index (Phi) is 3.67. The minimum atomic E-state index is -3.67. The monoisotopic (exact) mass is 293 g/mol. The summed E-state index contributed by atoms with van der Waals surface area (Å²) in [5.41, 5.74) is 1.42. The van der Waals surface area contributed by atoms with E-state index in [2.05, 4.69) is 0 Å². The summed E-state index contributed by atoms with van der Waals surface area (Å²) in [6.07, 6.45) is 2.71. The fourth-order valence-electron chi connectivity index (χ4n) is 1.77. The lowest BCUT2D eigenvalue weighted by molar-refractivity contribution is -0.138. The van der Waals surface area contributed by atoms with Crippen molar-refractivity contribution in [3.8, 4) is 0 Å². The standard InChI is InChI=1S/C14H15NO4S/c1-10-3-5-13(6-4-10)20(18,19)15-8-7-12(9-15)11(2)14(16)17/h3-9,11H,1-2H3,(H,16,17). The van der Waals surface area contributed by atoms with Gasteiger partial charge in [-0.15, -0.1) is 0 Å². The van der Waals surface area contributed by atoms with Gasteiger partial charge in [-0.2, -0.15) is 0 Å². The van der Waals surface area contributed by atoms with Crippen LogP contribution in [-0.2, 0) is 14.8 Å². The van der Waals surface area contributed by atoms with E-state index in [0.717, 1.165) is 9.54 Å². The molecular formula is C14H15NO4S. The quantitative estimate of drug-likeness (QED) is 0.937. The average molecular weight is 293 g/mol. The van der Waals surface area contributed by atoms with E-state index in [1.54, 1.807) is 12.1 Å². The second-order valence-electron chi connectivity index (χ2n) is 4.65. The van der Waals surface area contributed by atoms with Gasteiger partial charge in [0.15, 0.2) is 0 Å². The Morgan fingerprint density at radius 2 is 1.80 bits per heavy atom. The van der Waals surface area contributed by atoms with Gasteiger partial charge >= 0.3 is 5.97 Å². The molecule has 0 spiro atoms. The molecule has 6 heteroatoms. The lowest BCUT2D eigenvalue weighted by Crippen LogP contribution is -2.11. The topological polar surface area (TPSA) is 76.4 Å². The van der Waals surface area contributed by atoms with Crippen LogP contribution >= 0.6 is 0 Å². The van der Waals surface area contributed by atoms with Crippen LogP contribution in [0, 0.1) is 6.92 Å². The van der Waals surface area contributed by atoms with Gasteiger partial charge in [0.05, 0.1) is 10.8 Å². The number of nitrogens with zero attached hydrogens (tertiary/aromatic N) is 1. The highest BCUT2D eigenvalue weighted by Crippen LogP contribution is 2.20. The molecule has 1 aromatic heterocycles. The molecule has 1 unspecified atom stereocenters. The van der Waals surface area contributed by atoms with Gasteiger partial charge in [0.2, 0.25) is 0 Å². The first-order chi connectivity index (χ1) is 9.32. The van der Waals surface area contributed by atoms with E-state index in [9.17, 15) is 13.2 Å². The third kappa shape index (κ3) is 2.60. The van der Waals surface area contributed by atoms with Gasteiger partial charge in [0.25, 0.3) is 10.0 Å². The smallest absolute Gasteiger partial charge is 0.310 e. The van der Waals surface area contributed by atoms with Crippen LogP contribution in [0.2, 0.25) is 0 Å². The van der Waals surface area contributed by atoms with Crippen molar-refractivity contribution in [2.75, 3.05) is 0 Å². The summed E-state index contributed by atoms with van der Waals surface area (Å²) in [4.78, 5) is 11.1. The van der Waals surface area contributed by atoms with Crippen LogP contribution in [0.5, 0.6) is 0 Å². The number of rotatable bonds is 4. The lowest BCUT2D eigenvalue weighted by Gasteiger charge is -2.06. The van der Waals surface area contributed by atoms with Crippen molar-refractivity contribution in [2.24, 2.45) is 0 Å². The normalized spacial score (nSPS) is 13.1. The molecule has 1 atom stereocenters. The van der Waals surface area contributed by atoms with E-state index >= 15 is 0 Å². The summed E-state index contributed by atoms with van der Waals surface area (Å²) in [5, 5.41) is 8.94. The molecule has 106 valence electrons. The summed E-state index contributed by atoms with van der Waals surface area (Å²) in [7, 11) is -3.67. The van der Waals surface area contributed by atoms with Gasteiger partial charge in [0, 0.05) is 12.4 Å². The van der Waals surface area contributed by atoms with Crippen molar-refractivity contribution < 1.29 is 18.3 Å². The van der Waals surface area contributed by atoms with Gasteiger partial charge in [-0.05, 0) is 37.6 Å². The summed E-state index contributed by atoms with van der Waals surface area (Å²) in [6.45, 7) is 3.39. The zero-order chi connectivity index (χ0) is 14.9. The van der Waals surface area contributed by atoms with Gasteiger partial charge in [-0.1, -0.05) is 17.7 Å². The van der Waals surface area contributed by atoms with Crippen molar-refractivity contribution in [3.63, 3.8) is 0 Å². The molecular weight excluding hydrogens is 278 g/mol. The molecule has 0 radical (unpaired) electrons. The van der Waals surface area contributed by atoms with E-state index in [0.29, 0.717) is 5.56 Å². The fraction of sp³-hybridized carbons (Fsp3) is 0.214. The first-order valence-electron chi connectivity index (χ1n) is 6.05. The maximum Gasteiger partial charge on any atom is 0.310 e. The Morgan fingerprint density at radius 1 is 1.20 bits per heavy atom. The van der Waals surface area contributed by atoms with Crippen LogP contribution in [0.1, 0.15) is 24.0 Å². The second-order valence-corrected chi connectivity index (χ2v) is 6.50. The molecule has 1 heterocycles. The number of aromatic nitrogens is 1. The van der Waals surface area contributed by atoms with Gasteiger partial charge in [-0.25, -0.2) is 12.4 Å². The van der Waals surface area contributed by atoms with Crippen LogP contribution < -0.4 is 0 Å². The molecule has 5 nitrogen and oxygen atoms in total. The summed E-state index contributed by atoms with van der Waals surface area (Å²) < 4.78 is 25.8. The molecule has 0 amide bonds. The number of benzene rings is 1. The highest BCUT2D eigenvalue weighted by molar-refractivity contribution is 7.90. The van der Waals surface area contributed by atoms with Crippen LogP contribution in [0.4, 0.5) is 0 Å². The van der Waals surface area contributed by atoms with Crippen molar-refractivity contribution in [3.05, 3.63) is 53.9 Å². The SMILES string of the molecule is Cc1ccc(S(=O)(=O)n2ccc(C(C)C(=O)O)c2)cc1. The fourth-order valence-corrected chi connectivity index (χ4v) is 2.98. The Bertz CT molecular complexity index is 729. The highest BCUT2D eigenvalue weighted by Gasteiger charge is 2.20. The third-order valence-corrected chi connectivity index (χ3v) is 4.81. The first kappa shape index (κ1) is 14.3. The molecule has 0 fully saturated rings. The Morgan fingerprint density at radius 3 is 2.35 bits per heavy atom. The average Bonchev–Trinajstić information content (AvgIpc) is 2.88. The van der Waals surface area contributed by atoms with E-state index in [4.69, 9.17) is 5.11 Å². The first-order valence-corrected chi connectivity index (χ1v) is 7.49. The predicted octanol–water partition coefficient (Wildman–Crippen LogP) is 2.22. The van der Waals surface area contributed by atoms with Gasteiger partial charge in [-0.3, -0.25) is 4.79 Å². The molecule has 1 aromatic carbocycles. The van der Waals surface area contributed by atoms with Crippen LogP contribution in [0.25, 0.3) is 0 Å². The summed E-state index contributed by atoms with van der Waals surface area (Å²) in [5.74, 6) is -1.74. The van der Waals surface area contributed by atoms with Crippen molar-refractivity contribution in [1.29, 1.82) is 0 Å². The summed E-state index contributed by atoms with van der Waals surface area (Å²) >= 11 is 0.